The first kappa shape index (κ1) is 28.9. The zero-order chi connectivity index (χ0) is 28.0. The van der Waals surface area contributed by atoms with Gasteiger partial charge in [0.25, 0.3) is 0 Å². The van der Waals surface area contributed by atoms with E-state index in [9.17, 15) is 19.5 Å². The number of aromatic nitrogens is 1. The van der Waals surface area contributed by atoms with E-state index < -0.39 is 35.9 Å². The number of ether oxygens (including phenoxy) is 3. The van der Waals surface area contributed by atoms with Crippen molar-refractivity contribution in [2.45, 2.75) is 96.0 Å². The molecule has 2 atom stereocenters. The standard InChI is InChI=1S/C28H42N4O7/c1-28(2,3)39-27(36)32-13-10-21(17-32)38-26(35)31-23(25(33)34)11-14-37-22-15-18(16-22)6-8-20-9-7-19-5-4-12-29-24(19)30-20/h7,9,18,21-23H,4-6,8,10-17H2,1-3H3,(H,29,30)(H,31,35)(H,33,34)/t18-,21-,22-,23?/m0/s1. The third-order valence-electron chi connectivity index (χ3n) is 7.37. The summed E-state index contributed by atoms with van der Waals surface area (Å²) in [5.41, 5.74) is 1.81. The maximum absolute atomic E-state index is 12.3. The van der Waals surface area contributed by atoms with Gasteiger partial charge >= 0.3 is 18.2 Å². The monoisotopic (exact) mass is 546 g/mol. The van der Waals surface area contributed by atoms with Crippen LogP contribution >= 0.6 is 0 Å². The van der Waals surface area contributed by atoms with Crippen molar-refractivity contribution in [2.75, 3.05) is 31.6 Å². The Labute approximate surface area is 230 Å². The van der Waals surface area contributed by atoms with Crippen LogP contribution in [0.4, 0.5) is 15.4 Å². The van der Waals surface area contributed by atoms with E-state index in [2.05, 4.69) is 22.8 Å². The molecule has 4 rings (SSSR count). The van der Waals surface area contributed by atoms with Gasteiger partial charge in [-0.25, -0.2) is 19.4 Å². The molecule has 39 heavy (non-hydrogen) atoms. The molecule has 1 unspecified atom stereocenters. The number of pyridine rings is 1. The number of aryl methyl sites for hydroxylation is 2. The van der Waals surface area contributed by atoms with Crippen molar-refractivity contribution in [2.24, 2.45) is 5.92 Å². The molecule has 1 aromatic rings. The quantitative estimate of drug-likeness (QED) is 0.400. The van der Waals surface area contributed by atoms with E-state index in [1.807, 2.05) is 0 Å². The summed E-state index contributed by atoms with van der Waals surface area (Å²) in [6.45, 7) is 7.20. The molecule has 0 radical (unpaired) electrons. The minimum atomic E-state index is -1.14. The smallest absolute Gasteiger partial charge is 0.410 e. The Balaban J connectivity index is 1.09. The number of carbonyl (C=O) groups excluding carboxylic acids is 2. The van der Waals surface area contributed by atoms with E-state index in [-0.39, 0.29) is 25.7 Å². The van der Waals surface area contributed by atoms with Crippen LogP contribution in [0.15, 0.2) is 12.1 Å². The lowest BCUT2D eigenvalue weighted by Gasteiger charge is -2.35. The molecule has 2 aliphatic heterocycles. The highest BCUT2D eigenvalue weighted by Crippen LogP contribution is 2.34. The van der Waals surface area contributed by atoms with Crippen LogP contribution in [0.3, 0.4) is 0 Å². The van der Waals surface area contributed by atoms with Crippen LogP contribution in [0, 0.1) is 5.92 Å². The van der Waals surface area contributed by atoms with Crippen LogP contribution in [0.1, 0.15) is 70.6 Å². The molecular formula is C28H42N4O7. The fraction of sp³-hybridized carbons (Fsp3) is 0.714. The third-order valence-corrected chi connectivity index (χ3v) is 7.37. The van der Waals surface area contributed by atoms with Gasteiger partial charge in [0, 0.05) is 38.2 Å². The van der Waals surface area contributed by atoms with Crippen LogP contribution in [-0.4, -0.2) is 83.2 Å². The molecule has 0 spiro atoms. The summed E-state index contributed by atoms with van der Waals surface area (Å²) < 4.78 is 16.6. The summed E-state index contributed by atoms with van der Waals surface area (Å²) in [5, 5.41) is 15.3. The lowest BCUT2D eigenvalue weighted by Crippen LogP contribution is -2.44. The van der Waals surface area contributed by atoms with Gasteiger partial charge in [0.15, 0.2) is 0 Å². The average molecular weight is 547 g/mol. The van der Waals surface area contributed by atoms with Gasteiger partial charge in [0.1, 0.15) is 23.6 Å². The SMILES string of the molecule is CC(C)(C)OC(=O)N1CC[C@H](OC(=O)NC(CCO[C@H]2C[C@H](CCc3ccc4c(n3)NCCC4)C2)C(=O)O)C1. The first-order valence-electron chi connectivity index (χ1n) is 14.1. The fourth-order valence-corrected chi connectivity index (χ4v) is 5.16. The highest BCUT2D eigenvalue weighted by atomic mass is 16.6. The Kier molecular flexibility index (Phi) is 9.53. The number of fused-ring (bicyclic) bond motifs is 1. The average Bonchev–Trinajstić information content (AvgIpc) is 3.31. The Morgan fingerprint density at radius 1 is 1.23 bits per heavy atom. The van der Waals surface area contributed by atoms with Crippen molar-refractivity contribution in [1.29, 1.82) is 0 Å². The summed E-state index contributed by atoms with van der Waals surface area (Å²) in [6.07, 6.45) is 5.09. The van der Waals surface area contributed by atoms with E-state index in [4.69, 9.17) is 19.2 Å². The molecule has 3 aliphatic rings. The number of carboxylic acids is 1. The molecule has 0 bridgehead atoms. The van der Waals surface area contributed by atoms with Gasteiger partial charge in [-0.05, 0) is 76.8 Å². The summed E-state index contributed by atoms with van der Waals surface area (Å²) >= 11 is 0. The molecule has 2 fully saturated rings. The van der Waals surface area contributed by atoms with E-state index in [1.54, 1.807) is 20.8 Å². The number of carbonyl (C=O) groups is 3. The van der Waals surface area contributed by atoms with Crippen LogP contribution in [0.2, 0.25) is 0 Å². The Morgan fingerprint density at radius 2 is 2.03 bits per heavy atom. The van der Waals surface area contributed by atoms with Gasteiger partial charge in [0.2, 0.25) is 0 Å². The molecule has 0 aromatic carbocycles. The maximum Gasteiger partial charge on any atom is 0.410 e. The Bertz CT molecular complexity index is 1020. The molecule has 3 N–H and O–H groups in total. The minimum absolute atomic E-state index is 0.117. The largest absolute Gasteiger partial charge is 0.480 e. The van der Waals surface area contributed by atoms with E-state index in [0.29, 0.717) is 18.9 Å². The molecule has 1 aliphatic carbocycles. The number of nitrogens with one attached hydrogen (secondary N) is 2. The first-order chi connectivity index (χ1) is 18.6. The van der Waals surface area contributed by atoms with Gasteiger partial charge in [0.05, 0.1) is 12.6 Å². The predicted molar refractivity (Wildman–Crippen MR) is 144 cm³/mol. The molecule has 11 heteroatoms. The minimum Gasteiger partial charge on any atom is -0.480 e. The molecular weight excluding hydrogens is 504 g/mol. The topological polar surface area (TPSA) is 139 Å². The fourth-order valence-electron chi connectivity index (χ4n) is 5.16. The van der Waals surface area contributed by atoms with Crippen LogP contribution in [0.25, 0.3) is 0 Å². The number of hydrogen-bond donors (Lipinski definition) is 3. The van der Waals surface area contributed by atoms with Crippen LogP contribution in [0.5, 0.6) is 0 Å². The van der Waals surface area contributed by atoms with Crippen molar-refractivity contribution in [1.82, 2.24) is 15.2 Å². The van der Waals surface area contributed by atoms with Crippen LogP contribution < -0.4 is 10.6 Å². The van der Waals surface area contributed by atoms with Gasteiger partial charge in [-0.1, -0.05) is 6.07 Å². The number of nitrogens with zero attached hydrogens (tertiary/aromatic N) is 2. The van der Waals surface area contributed by atoms with Gasteiger partial charge in [-0.2, -0.15) is 0 Å². The number of hydrogen-bond acceptors (Lipinski definition) is 8. The number of anilines is 1. The molecule has 11 nitrogen and oxygen atoms in total. The van der Waals surface area contributed by atoms with Crippen molar-refractivity contribution in [3.05, 3.63) is 23.4 Å². The number of aliphatic carboxylic acids is 1. The number of alkyl carbamates (subject to hydrolysis) is 1. The third kappa shape index (κ3) is 8.71. The highest BCUT2D eigenvalue weighted by Gasteiger charge is 2.33. The number of carboxylic acid groups (broad SMARTS) is 1. The number of amides is 2. The molecule has 216 valence electrons. The van der Waals surface area contributed by atoms with E-state index >= 15 is 0 Å². The lowest BCUT2D eigenvalue weighted by molar-refractivity contribution is -0.140. The second-order valence-electron chi connectivity index (χ2n) is 11.8. The number of likely N-dealkylation sites (tertiary alicyclic amines) is 1. The maximum atomic E-state index is 12.3. The highest BCUT2D eigenvalue weighted by molar-refractivity contribution is 5.80. The van der Waals surface area contributed by atoms with Gasteiger partial charge in [-0.3, -0.25) is 0 Å². The molecule has 1 saturated heterocycles. The normalized spacial score (nSPS) is 23.2. The second-order valence-corrected chi connectivity index (χ2v) is 11.8. The molecule has 2 amide bonds. The Morgan fingerprint density at radius 3 is 2.77 bits per heavy atom. The van der Waals surface area contributed by atoms with Crippen molar-refractivity contribution < 1.29 is 33.7 Å². The van der Waals surface area contributed by atoms with E-state index in [0.717, 1.165) is 56.6 Å². The zero-order valence-corrected chi connectivity index (χ0v) is 23.2. The Hall–Kier alpha value is -3.08. The van der Waals surface area contributed by atoms with Crippen LogP contribution in [-0.2, 0) is 31.8 Å². The summed E-state index contributed by atoms with van der Waals surface area (Å²) in [6, 6.07) is 3.21. The lowest BCUT2D eigenvalue weighted by atomic mass is 9.79. The summed E-state index contributed by atoms with van der Waals surface area (Å²) in [5.74, 6) is 0.469. The van der Waals surface area contributed by atoms with Gasteiger partial charge in [-0.15, -0.1) is 0 Å². The van der Waals surface area contributed by atoms with Crippen molar-refractivity contribution in [3.63, 3.8) is 0 Å². The van der Waals surface area contributed by atoms with Crippen molar-refractivity contribution >= 4 is 24.0 Å². The molecule has 3 heterocycles. The molecule has 1 saturated carbocycles. The predicted octanol–water partition coefficient (Wildman–Crippen LogP) is 3.75. The first-order valence-corrected chi connectivity index (χ1v) is 14.1. The van der Waals surface area contributed by atoms with Crippen molar-refractivity contribution in [3.8, 4) is 0 Å². The number of rotatable bonds is 10. The zero-order valence-electron chi connectivity index (χ0n) is 23.2. The second kappa shape index (κ2) is 12.8. The molecule has 1 aromatic heterocycles. The van der Waals surface area contributed by atoms with Gasteiger partial charge < -0.3 is 34.9 Å². The van der Waals surface area contributed by atoms with E-state index in [1.165, 1.54) is 10.5 Å². The summed E-state index contributed by atoms with van der Waals surface area (Å²) in [7, 11) is 0. The summed E-state index contributed by atoms with van der Waals surface area (Å²) in [4.78, 5) is 42.4.